The maximum Gasteiger partial charge on any atom is 0.211 e. The largest absolute Gasteiger partial charge is 0.316 e. The van der Waals surface area contributed by atoms with Crippen LogP contribution in [-0.4, -0.2) is 50.1 Å². The van der Waals surface area contributed by atoms with Gasteiger partial charge in [0.2, 0.25) is 10.0 Å². The molecule has 2 rings (SSSR count). The molecule has 0 spiro atoms. The minimum Gasteiger partial charge on any atom is -0.316 e. The van der Waals surface area contributed by atoms with Crippen LogP contribution < -0.4 is 5.32 Å². The van der Waals surface area contributed by atoms with Gasteiger partial charge in [-0.05, 0) is 32.2 Å². The average molecular weight is 317 g/mol. The summed E-state index contributed by atoms with van der Waals surface area (Å²) >= 11 is 1.68. The van der Waals surface area contributed by atoms with E-state index in [4.69, 9.17) is 0 Å². The molecule has 0 amide bonds. The normalized spacial score (nSPS) is 21.2. The molecule has 0 aromatic carbocycles. The van der Waals surface area contributed by atoms with Crippen LogP contribution >= 0.6 is 11.3 Å². The molecule has 114 valence electrons. The molecule has 1 aromatic heterocycles. The lowest BCUT2D eigenvalue weighted by molar-refractivity contribution is 0.262. The predicted octanol–water partition coefficient (Wildman–Crippen LogP) is 1.26. The first-order valence-electron chi connectivity index (χ1n) is 7.02. The standard InChI is InChI=1S/C13H23N3O2S2/c1-11-15-13(10-19-11)5-6-14-8-12-4-3-7-16(9-12)20(2,17)18/h10,12,14H,3-9H2,1-2H3. The Kier molecular flexibility index (Phi) is 5.54. The maximum absolute atomic E-state index is 11.5. The number of piperidine rings is 1. The molecule has 2 heterocycles. The predicted molar refractivity (Wildman–Crippen MR) is 82.6 cm³/mol. The van der Waals surface area contributed by atoms with Crippen molar-refractivity contribution in [3.05, 3.63) is 16.1 Å². The van der Waals surface area contributed by atoms with E-state index in [2.05, 4.69) is 15.7 Å². The molecular formula is C13H23N3O2S2. The zero-order valence-corrected chi connectivity index (χ0v) is 13.8. The van der Waals surface area contributed by atoms with E-state index < -0.39 is 10.0 Å². The first kappa shape index (κ1) is 15.9. The minimum atomic E-state index is -3.03. The van der Waals surface area contributed by atoms with Gasteiger partial charge in [0.1, 0.15) is 0 Å². The SMILES string of the molecule is Cc1nc(CCNCC2CCCN(S(C)(=O)=O)C2)cs1. The van der Waals surface area contributed by atoms with Gasteiger partial charge >= 0.3 is 0 Å². The van der Waals surface area contributed by atoms with Crippen molar-refractivity contribution in [3.63, 3.8) is 0 Å². The van der Waals surface area contributed by atoms with Crippen molar-refractivity contribution < 1.29 is 8.42 Å². The second-order valence-corrected chi connectivity index (χ2v) is 8.49. The number of aromatic nitrogens is 1. The number of rotatable bonds is 6. The summed E-state index contributed by atoms with van der Waals surface area (Å²) in [6.07, 6.45) is 4.31. The number of aryl methyl sites for hydroxylation is 1. The molecule has 0 aliphatic carbocycles. The zero-order chi connectivity index (χ0) is 14.6. The zero-order valence-electron chi connectivity index (χ0n) is 12.1. The summed E-state index contributed by atoms with van der Waals surface area (Å²) in [5.41, 5.74) is 1.14. The number of hydrogen-bond acceptors (Lipinski definition) is 5. The van der Waals surface area contributed by atoms with Crippen LogP contribution in [0.2, 0.25) is 0 Å². The maximum atomic E-state index is 11.5. The van der Waals surface area contributed by atoms with Crippen molar-refractivity contribution in [2.75, 3.05) is 32.4 Å². The number of sulfonamides is 1. The molecule has 0 radical (unpaired) electrons. The van der Waals surface area contributed by atoms with Gasteiger partial charge in [-0.15, -0.1) is 11.3 Å². The summed E-state index contributed by atoms with van der Waals surface area (Å²) in [5.74, 6) is 0.427. The van der Waals surface area contributed by atoms with Crippen LogP contribution in [0.1, 0.15) is 23.5 Å². The van der Waals surface area contributed by atoms with Crippen LogP contribution in [0, 0.1) is 12.8 Å². The van der Waals surface area contributed by atoms with E-state index in [-0.39, 0.29) is 0 Å². The monoisotopic (exact) mass is 317 g/mol. The highest BCUT2D eigenvalue weighted by molar-refractivity contribution is 7.88. The molecule has 7 heteroatoms. The third-order valence-electron chi connectivity index (χ3n) is 3.61. The highest BCUT2D eigenvalue weighted by Gasteiger charge is 2.25. The van der Waals surface area contributed by atoms with Gasteiger partial charge in [-0.2, -0.15) is 0 Å². The Morgan fingerprint density at radius 3 is 3.00 bits per heavy atom. The second kappa shape index (κ2) is 6.98. The van der Waals surface area contributed by atoms with Crippen LogP contribution in [0.3, 0.4) is 0 Å². The summed E-state index contributed by atoms with van der Waals surface area (Å²) in [7, 11) is -3.03. The molecule has 1 N–H and O–H groups in total. The van der Waals surface area contributed by atoms with Crippen LogP contribution in [0.15, 0.2) is 5.38 Å². The van der Waals surface area contributed by atoms with E-state index in [9.17, 15) is 8.42 Å². The molecule has 1 atom stereocenters. The van der Waals surface area contributed by atoms with Gasteiger partial charge in [0.15, 0.2) is 0 Å². The number of thiazole rings is 1. The van der Waals surface area contributed by atoms with E-state index >= 15 is 0 Å². The molecule has 1 unspecified atom stereocenters. The van der Waals surface area contributed by atoms with Gasteiger partial charge in [0.25, 0.3) is 0 Å². The lowest BCUT2D eigenvalue weighted by atomic mass is 10.00. The molecule has 5 nitrogen and oxygen atoms in total. The smallest absolute Gasteiger partial charge is 0.211 e. The average Bonchev–Trinajstić information content (AvgIpc) is 2.80. The van der Waals surface area contributed by atoms with E-state index in [1.54, 1.807) is 15.6 Å². The number of hydrogen-bond donors (Lipinski definition) is 1. The third kappa shape index (κ3) is 4.80. The van der Waals surface area contributed by atoms with Crippen LogP contribution in [-0.2, 0) is 16.4 Å². The summed E-state index contributed by atoms with van der Waals surface area (Å²) in [5, 5.41) is 6.64. The Hall–Kier alpha value is -0.500. The summed E-state index contributed by atoms with van der Waals surface area (Å²) in [6, 6.07) is 0. The first-order chi connectivity index (χ1) is 9.45. The number of nitrogens with one attached hydrogen (secondary N) is 1. The van der Waals surface area contributed by atoms with Gasteiger partial charge in [-0.3, -0.25) is 0 Å². The number of nitrogens with zero attached hydrogens (tertiary/aromatic N) is 2. The van der Waals surface area contributed by atoms with Crippen LogP contribution in [0.5, 0.6) is 0 Å². The molecule has 1 aliphatic rings. The van der Waals surface area contributed by atoms with Crippen LogP contribution in [0.4, 0.5) is 0 Å². The van der Waals surface area contributed by atoms with Crippen molar-refractivity contribution in [2.45, 2.75) is 26.2 Å². The van der Waals surface area contributed by atoms with Gasteiger partial charge in [-0.1, -0.05) is 0 Å². The Balaban J connectivity index is 1.69. The fourth-order valence-corrected chi connectivity index (χ4v) is 4.13. The lowest BCUT2D eigenvalue weighted by Crippen LogP contribution is -2.42. The molecule has 1 fully saturated rings. The molecule has 1 aromatic rings. The summed E-state index contributed by atoms with van der Waals surface area (Å²) < 4.78 is 24.7. The van der Waals surface area contributed by atoms with Crippen molar-refractivity contribution >= 4 is 21.4 Å². The van der Waals surface area contributed by atoms with Crippen molar-refractivity contribution in [2.24, 2.45) is 5.92 Å². The summed E-state index contributed by atoms with van der Waals surface area (Å²) in [6.45, 7) is 5.13. The highest BCUT2D eigenvalue weighted by Crippen LogP contribution is 2.17. The van der Waals surface area contributed by atoms with E-state index in [0.29, 0.717) is 19.0 Å². The molecule has 0 bridgehead atoms. The highest BCUT2D eigenvalue weighted by atomic mass is 32.2. The second-order valence-electron chi connectivity index (χ2n) is 5.44. The van der Waals surface area contributed by atoms with Gasteiger partial charge in [-0.25, -0.2) is 17.7 Å². The molecule has 0 saturated carbocycles. The van der Waals surface area contributed by atoms with Gasteiger partial charge < -0.3 is 5.32 Å². The minimum absolute atomic E-state index is 0.427. The summed E-state index contributed by atoms with van der Waals surface area (Å²) in [4.78, 5) is 4.43. The fraction of sp³-hybridized carbons (Fsp3) is 0.769. The van der Waals surface area contributed by atoms with Crippen molar-refractivity contribution in [1.82, 2.24) is 14.6 Å². The van der Waals surface area contributed by atoms with Crippen molar-refractivity contribution in [3.8, 4) is 0 Å². The third-order valence-corrected chi connectivity index (χ3v) is 5.70. The molecule has 20 heavy (non-hydrogen) atoms. The van der Waals surface area contributed by atoms with Gasteiger partial charge in [0.05, 0.1) is 17.0 Å². The first-order valence-corrected chi connectivity index (χ1v) is 9.75. The molecule has 1 aliphatic heterocycles. The fourth-order valence-electron chi connectivity index (χ4n) is 2.54. The Labute approximate surface area is 125 Å². The van der Waals surface area contributed by atoms with E-state index in [1.807, 2.05) is 6.92 Å². The quantitative estimate of drug-likeness (QED) is 0.802. The molecule has 1 saturated heterocycles. The Bertz CT molecular complexity index is 527. The Morgan fingerprint density at radius 1 is 1.55 bits per heavy atom. The van der Waals surface area contributed by atoms with Gasteiger partial charge in [0, 0.05) is 31.4 Å². The van der Waals surface area contributed by atoms with E-state index in [0.717, 1.165) is 43.1 Å². The Morgan fingerprint density at radius 2 is 2.35 bits per heavy atom. The van der Waals surface area contributed by atoms with Crippen molar-refractivity contribution in [1.29, 1.82) is 0 Å². The van der Waals surface area contributed by atoms with E-state index in [1.165, 1.54) is 6.26 Å². The lowest BCUT2D eigenvalue weighted by Gasteiger charge is -2.31. The topological polar surface area (TPSA) is 62.3 Å². The van der Waals surface area contributed by atoms with Crippen LogP contribution in [0.25, 0.3) is 0 Å². The molecular weight excluding hydrogens is 294 g/mol.